The number of aliphatic hydroxyl groups is 2. The molecule has 0 saturated carbocycles. The molecule has 0 aromatic heterocycles. The van der Waals surface area contributed by atoms with Gasteiger partial charge >= 0.3 is 0 Å². The Morgan fingerprint density at radius 2 is 1.53 bits per heavy atom. The summed E-state index contributed by atoms with van der Waals surface area (Å²) in [7, 11) is 0. The first-order chi connectivity index (χ1) is 9.17. The van der Waals surface area contributed by atoms with Crippen LogP contribution in [0.1, 0.15) is 78.1 Å². The highest BCUT2D eigenvalue weighted by atomic mass is 16.5. The standard InChI is InChI=1S/C17H32O2/c1-4-7-9-11-13-15(12-6-3)16(17(18)19)14-10-8-5-2/h6,17-19H,3-5,7-14H2,1-2H3. The fourth-order valence-corrected chi connectivity index (χ4v) is 2.39. The lowest BCUT2D eigenvalue weighted by Gasteiger charge is -2.16. The van der Waals surface area contributed by atoms with Gasteiger partial charge in [0.25, 0.3) is 0 Å². The van der Waals surface area contributed by atoms with Crippen molar-refractivity contribution in [1.82, 2.24) is 0 Å². The SMILES string of the molecule is C=CCC(CCCCCC)=C(CCCCC)C(O)O. The normalized spacial score (nSPS) is 12.7. The maximum Gasteiger partial charge on any atom is 0.174 e. The molecule has 0 bridgehead atoms. The van der Waals surface area contributed by atoms with Crippen LogP contribution in [0.5, 0.6) is 0 Å². The van der Waals surface area contributed by atoms with E-state index in [4.69, 9.17) is 0 Å². The van der Waals surface area contributed by atoms with Crippen molar-refractivity contribution in [2.24, 2.45) is 0 Å². The van der Waals surface area contributed by atoms with E-state index in [0.29, 0.717) is 0 Å². The minimum Gasteiger partial charge on any atom is -0.365 e. The molecule has 0 aliphatic carbocycles. The molecule has 2 nitrogen and oxygen atoms in total. The Labute approximate surface area is 119 Å². The largest absolute Gasteiger partial charge is 0.365 e. The fraction of sp³-hybridized carbons (Fsp3) is 0.765. The lowest BCUT2D eigenvalue weighted by Crippen LogP contribution is -2.12. The molecule has 0 amide bonds. The summed E-state index contributed by atoms with van der Waals surface area (Å²) in [6.07, 6.45) is 11.3. The molecule has 0 aromatic rings. The molecule has 112 valence electrons. The zero-order valence-electron chi connectivity index (χ0n) is 12.8. The molecule has 2 N–H and O–H groups in total. The maximum absolute atomic E-state index is 9.57. The van der Waals surface area contributed by atoms with Gasteiger partial charge in [-0.25, -0.2) is 0 Å². The quantitative estimate of drug-likeness (QED) is 0.305. The van der Waals surface area contributed by atoms with Crippen LogP contribution >= 0.6 is 0 Å². The second kappa shape index (κ2) is 12.4. The Hall–Kier alpha value is -0.600. The lowest BCUT2D eigenvalue weighted by atomic mass is 9.94. The molecule has 0 radical (unpaired) electrons. The van der Waals surface area contributed by atoms with Crippen molar-refractivity contribution < 1.29 is 10.2 Å². The van der Waals surface area contributed by atoms with Crippen LogP contribution in [0.2, 0.25) is 0 Å². The van der Waals surface area contributed by atoms with Gasteiger partial charge < -0.3 is 10.2 Å². The summed E-state index contributed by atoms with van der Waals surface area (Å²) in [4.78, 5) is 0. The van der Waals surface area contributed by atoms with Gasteiger partial charge in [-0.05, 0) is 37.7 Å². The Bertz CT molecular complexity index is 254. The Kier molecular flexibility index (Phi) is 12.0. The van der Waals surface area contributed by atoms with Gasteiger partial charge in [0.2, 0.25) is 0 Å². The molecule has 0 rings (SSSR count). The zero-order chi connectivity index (χ0) is 14.5. The molecular formula is C17H32O2. The average molecular weight is 268 g/mol. The smallest absolute Gasteiger partial charge is 0.174 e. The van der Waals surface area contributed by atoms with Gasteiger partial charge in [0.15, 0.2) is 6.29 Å². The molecule has 0 unspecified atom stereocenters. The van der Waals surface area contributed by atoms with Crippen LogP contribution in [0.15, 0.2) is 23.8 Å². The molecule has 0 atom stereocenters. The highest BCUT2D eigenvalue weighted by Gasteiger charge is 2.12. The van der Waals surface area contributed by atoms with Gasteiger partial charge in [-0.3, -0.25) is 0 Å². The van der Waals surface area contributed by atoms with Crippen molar-refractivity contribution in [2.75, 3.05) is 0 Å². The van der Waals surface area contributed by atoms with Crippen LogP contribution in [0.3, 0.4) is 0 Å². The van der Waals surface area contributed by atoms with Gasteiger partial charge in [-0.1, -0.05) is 57.6 Å². The van der Waals surface area contributed by atoms with E-state index in [9.17, 15) is 10.2 Å². The topological polar surface area (TPSA) is 40.5 Å². The first-order valence-corrected chi connectivity index (χ1v) is 7.85. The molecule has 0 heterocycles. The number of unbranched alkanes of at least 4 members (excludes halogenated alkanes) is 5. The van der Waals surface area contributed by atoms with Crippen LogP contribution in [-0.2, 0) is 0 Å². The van der Waals surface area contributed by atoms with Crippen LogP contribution in [0.4, 0.5) is 0 Å². The predicted octanol–water partition coefficient (Wildman–Crippen LogP) is 4.72. The Balaban J connectivity index is 4.56. The Morgan fingerprint density at radius 3 is 2.05 bits per heavy atom. The molecule has 0 saturated heterocycles. The van der Waals surface area contributed by atoms with Gasteiger partial charge in [-0.15, -0.1) is 6.58 Å². The fourth-order valence-electron chi connectivity index (χ4n) is 2.39. The van der Waals surface area contributed by atoms with Crippen LogP contribution < -0.4 is 0 Å². The molecule has 0 aromatic carbocycles. The summed E-state index contributed by atoms with van der Waals surface area (Å²) in [5, 5.41) is 19.1. The first kappa shape index (κ1) is 18.4. The summed E-state index contributed by atoms with van der Waals surface area (Å²) < 4.78 is 0. The minimum atomic E-state index is -1.29. The van der Waals surface area contributed by atoms with Crippen molar-refractivity contribution in [3.63, 3.8) is 0 Å². The summed E-state index contributed by atoms with van der Waals surface area (Å²) in [6.45, 7) is 8.15. The number of rotatable bonds is 12. The van der Waals surface area contributed by atoms with Gasteiger partial charge in [0.05, 0.1) is 0 Å². The Morgan fingerprint density at radius 1 is 0.947 bits per heavy atom. The molecule has 19 heavy (non-hydrogen) atoms. The van der Waals surface area contributed by atoms with E-state index >= 15 is 0 Å². The zero-order valence-corrected chi connectivity index (χ0v) is 12.8. The van der Waals surface area contributed by atoms with E-state index in [0.717, 1.165) is 50.5 Å². The molecule has 0 aliphatic heterocycles. The number of hydrogen-bond donors (Lipinski definition) is 2. The van der Waals surface area contributed by atoms with Gasteiger partial charge in [-0.2, -0.15) is 0 Å². The second-order valence-electron chi connectivity index (χ2n) is 5.26. The molecule has 0 aliphatic rings. The predicted molar refractivity (Wildman–Crippen MR) is 83.0 cm³/mol. The highest BCUT2D eigenvalue weighted by molar-refractivity contribution is 5.18. The van der Waals surface area contributed by atoms with E-state index in [2.05, 4.69) is 20.4 Å². The second-order valence-corrected chi connectivity index (χ2v) is 5.26. The van der Waals surface area contributed by atoms with Gasteiger partial charge in [0, 0.05) is 0 Å². The van der Waals surface area contributed by atoms with E-state index < -0.39 is 6.29 Å². The van der Waals surface area contributed by atoms with E-state index in [-0.39, 0.29) is 0 Å². The van der Waals surface area contributed by atoms with Crippen molar-refractivity contribution >= 4 is 0 Å². The average Bonchev–Trinajstić information content (AvgIpc) is 2.38. The summed E-state index contributed by atoms with van der Waals surface area (Å²) >= 11 is 0. The minimum absolute atomic E-state index is 0.783. The third kappa shape index (κ3) is 9.01. The third-order valence-electron chi connectivity index (χ3n) is 3.54. The van der Waals surface area contributed by atoms with Crippen LogP contribution in [0, 0.1) is 0 Å². The number of hydrogen-bond acceptors (Lipinski definition) is 2. The number of allylic oxidation sites excluding steroid dienone is 2. The first-order valence-electron chi connectivity index (χ1n) is 7.85. The summed E-state index contributed by atoms with van der Waals surface area (Å²) in [5.41, 5.74) is 2.03. The van der Waals surface area contributed by atoms with E-state index in [1.165, 1.54) is 24.8 Å². The van der Waals surface area contributed by atoms with E-state index in [1.54, 1.807) is 0 Å². The summed E-state index contributed by atoms with van der Waals surface area (Å²) in [5.74, 6) is 0. The highest BCUT2D eigenvalue weighted by Crippen LogP contribution is 2.24. The molecule has 2 heteroatoms. The van der Waals surface area contributed by atoms with Crippen molar-refractivity contribution in [3.05, 3.63) is 23.8 Å². The lowest BCUT2D eigenvalue weighted by molar-refractivity contribution is -0.0116. The molecule has 0 fully saturated rings. The molecular weight excluding hydrogens is 236 g/mol. The third-order valence-corrected chi connectivity index (χ3v) is 3.54. The van der Waals surface area contributed by atoms with Crippen molar-refractivity contribution in [3.8, 4) is 0 Å². The molecule has 0 spiro atoms. The monoisotopic (exact) mass is 268 g/mol. The van der Waals surface area contributed by atoms with E-state index in [1.807, 2.05) is 6.08 Å². The van der Waals surface area contributed by atoms with Crippen molar-refractivity contribution in [1.29, 1.82) is 0 Å². The van der Waals surface area contributed by atoms with Crippen LogP contribution in [-0.4, -0.2) is 16.5 Å². The summed E-state index contributed by atoms with van der Waals surface area (Å²) in [6, 6.07) is 0. The van der Waals surface area contributed by atoms with Gasteiger partial charge in [0.1, 0.15) is 0 Å². The van der Waals surface area contributed by atoms with Crippen molar-refractivity contribution in [2.45, 2.75) is 84.3 Å². The number of aliphatic hydroxyl groups excluding tert-OH is 1. The van der Waals surface area contributed by atoms with Crippen LogP contribution in [0.25, 0.3) is 0 Å². The maximum atomic E-state index is 9.57.